The van der Waals surface area contributed by atoms with Gasteiger partial charge >= 0.3 is 0 Å². The van der Waals surface area contributed by atoms with E-state index in [1.165, 1.54) is 6.92 Å². The summed E-state index contributed by atoms with van der Waals surface area (Å²) < 4.78 is 6.00. The largest absolute Gasteiger partial charge is 0.456 e. The van der Waals surface area contributed by atoms with Gasteiger partial charge in [0.25, 0.3) is 0 Å². The Morgan fingerprint density at radius 2 is 1.86 bits per heavy atom. The number of aromatic nitrogens is 1. The third-order valence-electron chi connectivity index (χ3n) is 3.40. The van der Waals surface area contributed by atoms with Crippen LogP contribution >= 0.6 is 11.6 Å². The van der Waals surface area contributed by atoms with Gasteiger partial charge in [-0.1, -0.05) is 29.8 Å². The topological polar surface area (TPSA) is 39.2 Å². The molecule has 0 aliphatic carbocycles. The normalized spacial score (nSPS) is 10.7. The highest BCUT2D eigenvalue weighted by atomic mass is 35.5. The SMILES string of the molecule is CC(=O)c1c(C)nc2ccc(Cl)cc2c1Oc1ccccc1. The first-order valence-electron chi connectivity index (χ1n) is 6.90. The summed E-state index contributed by atoms with van der Waals surface area (Å²) >= 11 is 6.10. The van der Waals surface area contributed by atoms with E-state index >= 15 is 0 Å². The fourth-order valence-corrected chi connectivity index (χ4v) is 2.62. The molecular weight excluding hydrogens is 298 g/mol. The molecule has 3 nitrogen and oxygen atoms in total. The van der Waals surface area contributed by atoms with Crippen molar-refractivity contribution in [2.24, 2.45) is 0 Å². The molecule has 0 N–H and O–H groups in total. The van der Waals surface area contributed by atoms with Crippen molar-refractivity contribution in [1.82, 2.24) is 4.98 Å². The molecule has 0 saturated heterocycles. The number of aryl methyl sites for hydroxylation is 1. The second kappa shape index (κ2) is 5.78. The minimum Gasteiger partial charge on any atom is -0.456 e. The van der Waals surface area contributed by atoms with Crippen molar-refractivity contribution in [1.29, 1.82) is 0 Å². The molecule has 0 unspecified atom stereocenters. The van der Waals surface area contributed by atoms with Crippen molar-refractivity contribution in [2.45, 2.75) is 13.8 Å². The number of hydrogen-bond donors (Lipinski definition) is 0. The average Bonchev–Trinajstić information content (AvgIpc) is 2.48. The summed E-state index contributed by atoms with van der Waals surface area (Å²) in [5.41, 5.74) is 1.88. The molecule has 0 saturated carbocycles. The Morgan fingerprint density at radius 1 is 1.14 bits per heavy atom. The van der Waals surface area contributed by atoms with Crippen LogP contribution in [0.25, 0.3) is 10.9 Å². The Hall–Kier alpha value is -2.39. The molecule has 1 heterocycles. The zero-order chi connectivity index (χ0) is 15.7. The molecule has 3 rings (SSSR count). The zero-order valence-electron chi connectivity index (χ0n) is 12.3. The van der Waals surface area contributed by atoms with Gasteiger partial charge < -0.3 is 4.74 Å². The highest BCUT2D eigenvalue weighted by molar-refractivity contribution is 6.31. The third-order valence-corrected chi connectivity index (χ3v) is 3.63. The van der Waals surface area contributed by atoms with Crippen LogP contribution in [0.2, 0.25) is 5.02 Å². The van der Waals surface area contributed by atoms with Crippen molar-refractivity contribution in [3.8, 4) is 11.5 Å². The van der Waals surface area contributed by atoms with Crippen molar-refractivity contribution in [3.63, 3.8) is 0 Å². The number of fused-ring (bicyclic) bond motifs is 1. The van der Waals surface area contributed by atoms with E-state index in [4.69, 9.17) is 16.3 Å². The monoisotopic (exact) mass is 311 g/mol. The Balaban J connectivity index is 2.30. The molecule has 0 amide bonds. The van der Waals surface area contributed by atoms with Crippen LogP contribution < -0.4 is 4.74 Å². The zero-order valence-corrected chi connectivity index (χ0v) is 13.0. The first-order chi connectivity index (χ1) is 10.6. The van der Waals surface area contributed by atoms with E-state index in [0.717, 1.165) is 10.9 Å². The number of carbonyl (C=O) groups excluding carboxylic acids is 1. The number of pyridine rings is 1. The number of halogens is 1. The number of hydrogen-bond acceptors (Lipinski definition) is 3. The summed E-state index contributed by atoms with van der Waals surface area (Å²) in [7, 11) is 0. The number of benzene rings is 2. The summed E-state index contributed by atoms with van der Waals surface area (Å²) in [6.45, 7) is 3.32. The highest BCUT2D eigenvalue weighted by Crippen LogP contribution is 2.35. The van der Waals surface area contributed by atoms with Gasteiger partial charge in [-0.25, -0.2) is 0 Å². The fraction of sp³-hybridized carbons (Fsp3) is 0.111. The maximum Gasteiger partial charge on any atom is 0.165 e. The molecule has 110 valence electrons. The van der Waals surface area contributed by atoms with Gasteiger partial charge in [0.2, 0.25) is 0 Å². The van der Waals surface area contributed by atoms with E-state index in [-0.39, 0.29) is 5.78 Å². The molecule has 0 radical (unpaired) electrons. The van der Waals surface area contributed by atoms with Crippen LogP contribution in [0.15, 0.2) is 48.5 Å². The average molecular weight is 312 g/mol. The third kappa shape index (κ3) is 2.68. The second-order valence-electron chi connectivity index (χ2n) is 5.03. The van der Waals surface area contributed by atoms with Crippen LogP contribution in [0.3, 0.4) is 0 Å². The van der Waals surface area contributed by atoms with Crippen LogP contribution in [-0.2, 0) is 0 Å². The predicted octanol–water partition coefficient (Wildman–Crippen LogP) is 5.19. The molecule has 0 spiro atoms. The molecule has 4 heteroatoms. The first-order valence-corrected chi connectivity index (χ1v) is 7.28. The molecule has 0 aliphatic rings. The standard InChI is InChI=1S/C18H14ClNO2/c1-11-17(12(2)21)18(22-14-6-4-3-5-7-14)15-10-13(19)8-9-16(15)20-11/h3-10H,1-2H3. The lowest BCUT2D eigenvalue weighted by Crippen LogP contribution is -2.03. The quantitative estimate of drug-likeness (QED) is 0.625. The minimum absolute atomic E-state index is 0.0854. The lowest BCUT2D eigenvalue weighted by atomic mass is 10.0. The molecule has 22 heavy (non-hydrogen) atoms. The van der Waals surface area contributed by atoms with Gasteiger partial charge in [0.1, 0.15) is 11.5 Å². The Bertz CT molecular complexity index is 860. The molecule has 1 aromatic heterocycles. The lowest BCUT2D eigenvalue weighted by molar-refractivity contribution is 0.101. The molecule has 0 fully saturated rings. The molecule has 0 atom stereocenters. The number of ether oxygens (including phenoxy) is 1. The molecule has 0 bridgehead atoms. The summed E-state index contributed by atoms with van der Waals surface area (Å²) in [5, 5.41) is 1.30. The van der Waals surface area contributed by atoms with E-state index < -0.39 is 0 Å². The van der Waals surface area contributed by atoms with E-state index in [1.54, 1.807) is 12.1 Å². The first kappa shape index (κ1) is 14.5. The van der Waals surface area contributed by atoms with E-state index in [0.29, 0.717) is 27.8 Å². The van der Waals surface area contributed by atoms with Gasteiger partial charge in [0.15, 0.2) is 5.78 Å². The van der Waals surface area contributed by atoms with Gasteiger partial charge in [-0.05, 0) is 44.2 Å². The Kier molecular flexibility index (Phi) is 3.82. The summed E-state index contributed by atoms with van der Waals surface area (Å²) in [4.78, 5) is 16.5. The van der Waals surface area contributed by atoms with Crippen molar-refractivity contribution >= 4 is 28.3 Å². The van der Waals surface area contributed by atoms with Crippen LogP contribution in [0.1, 0.15) is 23.0 Å². The Labute approximate surface area is 133 Å². The molecule has 0 aliphatic heterocycles. The van der Waals surface area contributed by atoms with E-state index in [1.807, 2.05) is 43.3 Å². The van der Waals surface area contributed by atoms with E-state index in [2.05, 4.69) is 4.98 Å². The minimum atomic E-state index is -0.0854. The van der Waals surface area contributed by atoms with Gasteiger partial charge in [0.05, 0.1) is 16.8 Å². The fourth-order valence-electron chi connectivity index (χ4n) is 2.45. The summed E-state index contributed by atoms with van der Waals surface area (Å²) in [6.07, 6.45) is 0. The number of rotatable bonds is 3. The highest BCUT2D eigenvalue weighted by Gasteiger charge is 2.18. The van der Waals surface area contributed by atoms with Gasteiger partial charge in [-0.15, -0.1) is 0 Å². The number of nitrogens with zero attached hydrogens (tertiary/aromatic N) is 1. The number of ketones is 1. The van der Waals surface area contributed by atoms with Gasteiger partial charge in [0, 0.05) is 10.4 Å². The molecule has 2 aromatic carbocycles. The van der Waals surface area contributed by atoms with Crippen molar-refractivity contribution in [2.75, 3.05) is 0 Å². The van der Waals surface area contributed by atoms with Crippen LogP contribution in [0, 0.1) is 6.92 Å². The van der Waals surface area contributed by atoms with Gasteiger partial charge in [-0.3, -0.25) is 9.78 Å². The van der Waals surface area contributed by atoms with Crippen molar-refractivity contribution in [3.05, 3.63) is 64.8 Å². The predicted molar refractivity (Wildman–Crippen MR) is 88.0 cm³/mol. The number of para-hydroxylation sites is 1. The van der Waals surface area contributed by atoms with Crippen LogP contribution in [0.4, 0.5) is 0 Å². The summed E-state index contributed by atoms with van der Waals surface area (Å²) in [6, 6.07) is 14.7. The van der Waals surface area contributed by atoms with Crippen LogP contribution in [0.5, 0.6) is 11.5 Å². The molecular formula is C18H14ClNO2. The van der Waals surface area contributed by atoms with E-state index in [9.17, 15) is 4.79 Å². The number of carbonyl (C=O) groups is 1. The smallest absolute Gasteiger partial charge is 0.165 e. The molecule has 3 aromatic rings. The number of Topliss-reactive ketones (excluding diaryl/α,β-unsaturated/α-hetero) is 1. The van der Waals surface area contributed by atoms with Crippen LogP contribution in [-0.4, -0.2) is 10.8 Å². The maximum atomic E-state index is 12.1. The second-order valence-corrected chi connectivity index (χ2v) is 5.47. The Morgan fingerprint density at radius 3 is 2.55 bits per heavy atom. The van der Waals surface area contributed by atoms with Crippen molar-refractivity contribution < 1.29 is 9.53 Å². The summed E-state index contributed by atoms with van der Waals surface area (Å²) in [5.74, 6) is 1.08. The lowest BCUT2D eigenvalue weighted by Gasteiger charge is -2.14. The maximum absolute atomic E-state index is 12.1. The van der Waals surface area contributed by atoms with Gasteiger partial charge in [-0.2, -0.15) is 0 Å².